The van der Waals surface area contributed by atoms with Crippen LogP contribution in [0, 0.1) is 12.8 Å². The molecule has 1 heterocycles. The van der Waals surface area contributed by atoms with Gasteiger partial charge >= 0.3 is 0 Å². The first kappa shape index (κ1) is 25.1. The van der Waals surface area contributed by atoms with Gasteiger partial charge in [0.05, 0.1) is 6.61 Å². The maximum absolute atomic E-state index is 6.09. The number of aryl methyl sites for hydroxylation is 1. The summed E-state index contributed by atoms with van der Waals surface area (Å²) in [6, 6.07) is 16.9. The highest BCUT2D eigenvalue weighted by Crippen LogP contribution is 2.30. The molecule has 2 aromatic carbocycles. The standard InChI is InChI=1S/C26H33N5O.HI/c1-20-8-11-23(24(16-20)32-19-22-9-10-22)17-30-26(27-2)29-13-12-25-28-14-15-31(25)18-21-6-4-3-5-7-21;/h3-8,11,14-16,22H,9-10,12-13,17-19H2,1-2H3,(H2,27,29,30);1H. The third kappa shape index (κ3) is 7.77. The fourth-order valence-corrected chi connectivity index (χ4v) is 3.62. The maximum Gasteiger partial charge on any atom is 0.191 e. The fourth-order valence-electron chi connectivity index (χ4n) is 3.62. The number of aliphatic imine (C=N–C) groups is 1. The van der Waals surface area contributed by atoms with Crippen LogP contribution in [0.15, 0.2) is 65.9 Å². The molecule has 1 saturated carbocycles. The van der Waals surface area contributed by atoms with Gasteiger partial charge in [-0.2, -0.15) is 0 Å². The minimum atomic E-state index is 0. The van der Waals surface area contributed by atoms with Crippen molar-refractivity contribution in [2.45, 2.75) is 39.3 Å². The molecule has 0 atom stereocenters. The molecule has 3 aromatic rings. The number of nitrogens with one attached hydrogen (secondary N) is 2. The van der Waals surface area contributed by atoms with Gasteiger partial charge in [-0.05, 0) is 42.9 Å². The fraction of sp³-hybridized carbons (Fsp3) is 0.385. The van der Waals surface area contributed by atoms with Crippen molar-refractivity contribution in [2.24, 2.45) is 10.9 Å². The van der Waals surface area contributed by atoms with Crippen molar-refractivity contribution in [3.8, 4) is 5.75 Å². The molecule has 2 N–H and O–H groups in total. The van der Waals surface area contributed by atoms with Gasteiger partial charge in [0.15, 0.2) is 5.96 Å². The number of aromatic nitrogens is 2. The number of halogens is 1. The van der Waals surface area contributed by atoms with Crippen molar-refractivity contribution in [3.05, 3.63) is 83.4 Å². The summed E-state index contributed by atoms with van der Waals surface area (Å²) in [6.07, 6.45) is 7.31. The summed E-state index contributed by atoms with van der Waals surface area (Å²) in [7, 11) is 1.80. The molecule has 1 fully saturated rings. The summed E-state index contributed by atoms with van der Waals surface area (Å²) in [5, 5.41) is 6.82. The lowest BCUT2D eigenvalue weighted by Gasteiger charge is -2.15. The van der Waals surface area contributed by atoms with Gasteiger partial charge in [0.2, 0.25) is 0 Å². The van der Waals surface area contributed by atoms with Gasteiger partial charge in [0, 0.05) is 51.1 Å². The Hall–Kier alpha value is -2.55. The van der Waals surface area contributed by atoms with E-state index in [0.29, 0.717) is 6.54 Å². The zero-order valence-electron chi connectivity index (χ0n) is 19.5. The summed E-state index contributed by atoms with van der Waals surface area (Å²) >= 11 is 0. The lowest BCUT2D eigenvalue weighted by atomic mass is 10.1. The van der Waals surface area contributed by atoms with Crippen molar-refractivity contribution in [1.82, 2.24) is 20.2 Å². The summed E-state index contributed by atoms with van der Waals surface area (Å²) in [6.45, 7) is 5.18. The largest absolute Gasteiger partial charge is 0.493 e. The number of imidazole rings is 1. The second-order valence-electron chi connectivity index (χ2n) is 8.43. The zero-order valence-corrected chi connectivity index (χ0v) is 21.8. The average molecular weight is 559 g/mol. The Morgan fingerprint density at radius 3 is 2.73 bits per heavy atom. The van der Waals surface area contributed by atoms with Crippen molar-refractivity contribution in [2.75, 3.05) is 20.2 Å². The van der Waals surface area contributed by atoms with E-state index in [2.05, 4.69) is 74.6 Å². The van der Waals surface area contributed by atoms with Crippen molar-refractivity contribution >= 4 is 29.9 Å². The monoisotopic (exact) mass is 559 g/mol. The maximum atomic E-state index is 6.09. The van der Waals surface area contributed by atoms with E-state index in [9.17, 15) is 0 Å². The Morgan fingerprint density at radius 1 is 1.15 bits per heavy atom. The van der Waals surface area contributed by atoms with Crippen LogP contribution >= 0.6 is 24.0 Å². The molecule has 1 aliphatic carbocycles. The lowest BCUT2D eigenvalue weighted by molar-refractivity contribution is 0.296. The van der Waals surface area contributed by atoms with E-state index in [4.69, 9.17) is 4.74 Å². The minimum absolute atomic E-state index is 0. The molecule has 176 valence electrons. The number of hydrogen-bond acceptors (Lipinski definition) is 3. The molecule has 6 nitrogen and oxygen atoms in total. The number of ether oxygens (including phenoxy) is 1. The summed E-state index contributed by atoms with van der Waals surface area (Å²) in [5.41, 5.74) is 3.64. The Labute approximate surface area is 213 Å². The first-order valence-electron chi connectivity index (χ1n) is 11.4. The topological polar surface area (TPSA) is 63.5 Å². The van der Waals surface area contributed by atoms with Crippen LogP contribution in [0.5, 0.6) is 5.75 Å². The summed E-state index contributed by atoms with van der Waals surface area (Å²) < 4.78 is 8.29. The van der Waals surface area contributed by atoms with E-state index < -0.39 is 0 Å². The van der Waals surface area contributed by atoms with Gasteiger partial charge in [-0.25, -0.2) is 4.98 Å². The quantitative estimate of drug-likeness (QED) is 0.217. The number of nitrogens with zero attached hydrogens (tertiary/aromatic N) is 3. The van der Waals surface area contributed by atoms with Crippen LogP contribution in [0.3, 0.4) is 0 Å². The van der Waals surface area contributed by atoms with Gasteiger partial charge in [-0.1, -0.05) is 42.5 Å². The normalized spacial score (nSPS) is 13.3. The predicted octanol–water partition coefficient (Wildman–Crippen LogP) is 4.55. The average Bonchev–Trinajstić information content (AvgIpc) is 3.55. The molecule has 0 bridgehead atoms. The van der Waals surface area contributed by atoms with Crippen molar-refractivity contribution in [3.63, 3.8) is 0 Å². The number of hydrogen-bond donors (Lipinski definition) is 2. The number of rotatable bonds is 10. The molecule has 0 aliphatic heterocycles. The van der Waals surface area contributed by atoms with E-state index in [0.717, 1.165) is 55.1 Å². The van der Waals surface area contributed by atoms with Gasteiger partial charge < -0.3 is 19.9 Å². The number of guanidine groups is 1. The molecule has 4 rings (SSSR count). The van der Waals surface area contributed by atoms with E-state index in [-0.39, 0.29) is 24.0 Å². The van der Waals surface area contributed by atoms with E-state index in [1.54, 1.807) is 7.05 Å². The summed E-state index contributed by atoms with van der Waals surface area (Å²) in [5.74, 6) is 3.55. The van der Waals surface area contributed by atoms with E-state index in [1.807, 2.05) is 18.5 Å². The van der Waals surface area contributed by atoms with Crippen LogP contribution in [-0.4, -0.2) is 35.7 Å². The predicted molar refractivity (Wildman–Crippen MR) is 144 cm³/mol. The lowest BCUT2D eigenvalue weighted by Crippen LogP contribution is -2.38. The second kappa shape index (κ2) is 12.6. The molecule has 7 heteroatoms. The molecular formula is C26H34IN5O. The third-order valence-corrected chi connectivity index (χ3v) is 5.70. The van der Waals surface area contributed by atoms with Gasteiger partial charge in [0.1, 0.15) is 11.6 Å². The van der Waals surface area contributed by atoms with Gasteiger partial charge in [-0.15, -0.1) is 24.0 Å². The zero-order chi connectivity index (χ0) is 22.2. The highest BCUT2D eigenvalue weighted by atomic mass is 127. The Morgan fingerprint density at radius 2 is 1.97 bits per heavy atom. The molecule has 0 radical (unpaired) electrons. The Bertz CT molecular complexity index is 1030. The number of benzene rings is 2. The van der Waals surface area contributed by atoms with Crippen LogP contribution < -0.4 is 15.4 Å². The molecule has 1 aromatic heterocycles. The van der Waals surface area contributed by atoms with Crippen molar-refractivity contribution < 1.29 is 4.74 Å². The van der Waals surface area contributed by atoms with Crippen LogP contribution in [0.2, 0.25) is 0 Å². The first-order valence-corrected chi connectivity index (χ1v) is 11.4. The molecule has 0 amide bonds. The summed E-state index contributed by atoms with van der Waals surface area (Å²) in [4.78, 5) is 8.90. The van der Waals surface area contributed by atoms with Gasteiger partial charge in [0.25, 0.3) is 0 Å². The Kier molecular flexibility index (Phi) is 9.60. The third-order valence-electron chi connectivity index (χ3n) is 5.70. The molecule has 1 aliphatic rings. The van der Waals surface area contributed by atoms with Crippen LogP contribution in [-0.2, 0) is 19.5 Å². The van der Waals surface area contributed by atoms with Crippen LogP contribution in [0.4, 0.5) is 0 Å². The highest BCUT2D eigenvalue weighted by molar-refractivity contribution is 14.0. The van der Waals surface area contributed by atoms with Gasteiger partial charge in [-0.3, -0.25) is 4.99 Å². The molecule has 0 unspecified atom stereocenters. The van der Waals surface area contributed by atoms with Crippen molar-refractivity contribution in [1.29, 1.82) is 0 Å². The molecule has 33 heavy (non-hydrogen) atoms. The SMILES string of the molecule is CN=C(NCCc1nccn1Cc1ccccc1)NCc1ccc(C)cc1OCC1CC1.I. The second-order valence-corrected chi connectivity index (χ2v) is 8.43. The smallest absolute Gasteiger partial charge is 0.191 e. The van der Waals surface area contributed by atoms with Crippen LogP contribution in [0.25, 0.3) is 0 Å². The van der Waals surface area contributed by atoms with Crippen LogP contribution in [0.1, 0.15) is 35.4 Å². The Balaban J connectivity index is 0.00000306. The molecular weight excluding hydrogens is 525 g/mol. The minimum Gasteiger partial charge on any atom is -0.493 e. The molecule has 0 spiro atoms. The van der Waals surface area contributed by atoms with E-state index in [1.165, 1.54) is 24.0 Å². The first-order chi connectivity index (χ1) is 15.7. The molecule has 0 saturated heterocycles. The highest BCUT2D eigenvalue weighted by Gasteiger charge is 2.22. The van der Waals surface area contributed by atoms with E-state index >= 15 is 0 Å².